The van der Waals surface area contributed by atoms with Crippen LogP contribution in [0, 0.1) is 0 Å². The summed E-state index contributed by atoms with van der Waals surface area (Å²) in [5, 5.41) is 0.540. The van der Waals surface area contributed by atoms with Gasteiger partial charge in [0.2, 0.25) is 5.88 Å². The number of hydrogen-bond donors (Lipinski definition) is 0. The minimum absolute atomic E-state index is 0.502. The molecule has 0 spiro atoms. The van der Waals surface area contributed by atoms with E-state index < -0.39 is 0 Å². The predicted octanol–water partition coefficient (Wildman–Crippen LogP) is 3.29. The van der Waals surface area contributed by atoms with Gasteiger partial charge in [0.15, 0.2) is 0 Å². The summed E-state index contributed by atoms with van der Waals surface area (Å²) in [5.41, 5.74) is 0. The van der Waals surface area contributed by atoms with Crippen molar-refractivity contribution in [3.05, 3.63) is 21.8 Å². The molecule has 12 heavy (non-hydrogen) atoms. The first-order valence-electron chi connectivity index (χ1n) is 3.68. The lowest BCUT2D eigenvalue weighted by molar-refractivity contribution is 0.305. The van der Waals surface area contributed by atoms with Crippen molar-refractivity contribution in [1.29, 1.82) is 0 Å². The fraction of sp³-hybridized carbons (Fsp3) is 0.375. The SMILES string of the molecule is CCCOc1ncc(Br)cc1Cl. The Balaban J connectivity index is 2.72. The van der Waals surface area contributed by atoms with Gasteiger partial charge in [-0.2, -0.15) is 0 Å². The third-order valence-electron chi connectivity index (χ3n) is 1.22. The summed E-state index contributed by atoms with van der Waals surface area (Å²) >= 11 is 9.11. The first-order chi connectivity index (χ1) is 5.74. The molecule has 0 bridgehead atoms. The van der Waals surface area contributed by atoms with Gasteiger partial charge in [-0.3, -0.25) is 0 Å². The Labute approximate surface area is 85.0 Å². The molecule has 0 saturated heterocycles. The summed E-state index contributed by atoms with van der Waals surface area (Å²) in [6.45, 7) is 2.68. The first kappa shape index (κ1) is 9.81. The molecule has 0 aliphatic rings. The van der Waals surface area contributed by atoms with Crippen LogP contribution in [0.1, 0.15) is 13.3 Å². The lowest BCUT2D eigenvalue weighted by Gasteiger charge is -2.04. The molecule has 1 heterocycles. The molecule has 0 atom stereocenters. The molecule has 0 N–H and O–H groups in total. The van der Waals surface area contributed by atoms with Crippen molar-refractivity contribution in [2.24, 2.45) is 0 Å². The Morgan fingerprint density at radius 2 is 2.42 bits per heavy atom. The van der Waals surface area contributed by atoms with Crippen LogP contribution in [0.4, 0.5) is 0 Å². The van der Waals surface area contributed by atoms with Gasteiger partial charge in [0.25, 0.3) is 0 Å². The number of pyridine rings is 1. The van der Waals surface area contributed by atoms with E-state index in [-0.39, 0.29) is 0 Å². The van der Waals surface area contributed by atoms with Crippen LogP contribution in [0.25, 0.3) is 0 Å². The molecule has 0 saturated carbocycles. The fourth-order valence-corrected chi connectivity index (χ4v) is 1.39. The van der Waals surface area contributed by atoms with Crippen molar-refractivity contribution < 1.29 is 4.74 Å². The molecular weight excluding hydrogens is 241 g/mol. The van der Waals surface area contributed by atoms with Crippen molar-refractivity contribution in [3.63, 3.8) is 0 Å². The highest BCUT2D eigenvalue weighted by Crippen LogP contribution is 2.24. The van der Waals surface area contributed by atoms with Crippen molar-refractivity contribution >= 4 is 27.5 Å². The van der Waals surface area contributed by atoms with E-state index in [0.717, 1.165) is 10.9 Å². The average molecular weight is 251 g/mol. The van der Waals surface area contributed by atoms with Gasteiger partial charge < -0.3 is 4.74 Å². The highest BCUT2D eigenvalue weighted by atomic mass is 79.9. The molecule has 0 radical (unpaired) electrons. The van der Waals surface area contributed by atoms with Crippen LogP contribution in [-0.4, -0.2) is 11.6 Å². The van der Waals surface area contributed by atoms with Crippen LogP contribution in [0.2, 0.25) is 5.02 Å². The molecule has 1 aromatic heterocycles. The van der Waals surface area contributed by atoms with Crippen LogP contribution in [0.3, 0.4) is 0 Å². The Hall–Kier alpha value is -0.280. The normalized spacial score (nSPS) is 9.92. The van der Waals surface area contributed by atoms with Gasteiger partial charge in [-0.05, 0) is 28.4 Å². The molecule has 0 aliphatic heterocycles. The van der Waals surface area contributed by atoms with E-state index in [1.54, 1.807) is 12.3 Å². The second-order valence-electron chi connectivity index (χ2n) is 2.29. The number of rotatable bonds is 3. The molecule has 0 fully saturated rings. The first-order valence-corrected chi connectivity index (χ1v) is 4.85. The van der Waals surface area contributed by atoms with E-state index in [1.807, 2.05) is 6.92 Å². The van der Waals surface area contributed by atoms with Crippen LogP contribution < -0.4 is 4.74 Å². The molecule has 2 nitrogen and oxygen atoms in total. The summed E-state index contributed by atoms with van der Waals surface area (Å²) in [7, 11) is 0. The Morgan fingerprint density at radius 1 is 1.67 bits per heavy atom. The van der Waals surface area contributed by atoms with Gasteiger partial charge in [0, 0.05) is 10.7 Å². The topological polar surface area (TPSA) is 22.1 Å². The molecule has 0 unspecified atom stereocenters. The average Bonchev–Trinajstić information content (AvgIpc) is 2.03. The van der Waals surface area contributed by atoms with E-state index in [1.165, 1.54) is 0 Å². The zero-order chi connectivity index (χ0) is 8.97. The molecule has 1 rings (SSSR count). The van der Waals surface area contributed by atoms with Crippen LogP contribution in [0.15, 0.2) is 16.7 Å². The number of ether oxygens (including phenoxy) is 1. The third-order valence-corrected chi connectivity index (χ3v) is 1.92. The highest BCUT2D eigenvalue weighted by molar-refractivity contribution is 9.10. The van der Waals surface area contributed by atoms with Gasteiger partial charge >= 0.3 is 0 Å². The monoisotopic (exact) mass is 249 g/mol. The molecule has 0 aromatic carbocycles. The summed E-state index contributed by atoms with van der Waals surface area (Å²) in [5.74, 6) is 0.502. The lowest BCUT2D eigenvalue weighted by Crippen LogP contribution is -1.97. The maximum Gasteiger partial charge on any atom is 0.232 e. The number of nitrogens with zero attached hydrogens (tertiary/aromatic N) is 1. The molecule has 0 amide bonds. The zero-order valence-electron chi connectivity index (χ0n) is 6.68. The van der Waals surface area contributed by atoms with Crippen LogP contribution >= 0.6 is 27.5 Å². The molecule has 0 aliphatic carbocycles. The minimum Gasteiger partial charge on any atom is -0.477 e. The predicted molar refractivity (Wildman–Crippen MR) is 52.7 cm³/mol. The van der Waals surface area contributed by atoms with Gasteiger partial charge in [-0.1, -0.05) is 18.5 Å². The second-order valence-corrected chi connectivity index (χ2v) is 3.61. The fourth-order valence-electron chi connectivity index (χ4n) is 0.707. The van der Waals surface area contributed by atoms with E-state index in [9.17, 15) is 0 Å². The largest absolute Gasteiger partial charge is 0.477 e. The number of aromatic nitrogens is 1. The lowest BCUT2D eigenvalue weighted by atomic mass is 10.5. The van der Waals surface area contributed by atoms with E-state index in [2.05, 4.69) is 20.9 Å². The van der Waals surface area contributed by atoms with E-state index >= 15 is 0 Å². The maximum atomic E-state index is 5.85. The molecule has 1 aromatic rings. The van der Waals surface area contributed by atoms with Gasteiger partial charge in [-0.15, -0.1) is 0 Å². The van der Waals surface area contributed by atoms with E-state index in [4.69, 9.17) is 16.3 Å². The zero-order valence-corrected chi connectivity index (χ0v) is 9.02. The number of halogens is 2. The second kappa shape index (κ2) is 4.67. The Bertz CT molecular complexity index is 267. The van der Waals surface area contributed by atoms with Gasteiger partial charge in [-0.25, -0.2) is 4.98 Å². The molecule has 66 valence electrons. The van der Waals surface area contributed by atoms with Gasteiger partial charge in [0.1, 0.15) is 5.02 Å². The van der Waals surface area contributed by atoms with Crippen molar-refractivity contribution in [1.82, 2.24) is 4.98 Å². The highest BCUT2D eigenvalue weighted by Gasteiger charge is 2.02. The third kappa shape index (κ3) is 2.64. The van der Waals surface area contributed by atoms with Crippen molar-refractivity contribution in [2.45, 2.75) is 13.3 Å². The molecular formula is C8H9BrClNO. The Kier molecular flexibility index (Phi) is 3.82. The Morgan fingerprint density at radius 3 is 3.00 bits per heavy atom. The quantitative estimate of drug-likeness (QED) is 0.821. The van der Waals surface area contributed by atoms with Crippen LogP contribution in [0.5, 0.6) is 5.88 Å². The van der Waals surface area contributed by atoms with Crippen molar-refractivity contribution in [3.8, 4) is 5.88 Å². The smallest absolute Gasteiger partial charge is 0.232 e. The number of hydrogen-bond acceptors (Lipinski definition) is 2. The standard InChI is InChI=1S/C8H9BrClNO/c1-2-3-12-8-7(10)4-6(9)5-11-8/h4-5H,2-3H2,1H3. The summed E-state index contributed by atoms with van der Waals surface area (Å²) in [4.78, 5) is 4.01. The minimum atomic E-state index is 0.502. The van der Waals surface area contributed by atoms with Crippen molar-refractivity contribution in [2.75, 3.05) is 6.61 Å². The van der Waals surface area contributed by atoms with E-state index in [0.29, 0.717) is 17.5 Å². The molecule has 4 heteroatoms. The maximum absolute atomic E-state index is 5.85. The summed E-state index contributed by atoms with van der Waals surface area (Å²) < 4.78 is 6.13. The summed E-state index contributed by atoms with van der Waals surface area (Å²) in [6.07, 6.45) is 2.62. The van der Waals surface area contributed by atoms with Crippen LogP contribution in [-0.2, 0) is 0 Å². The van der Waals surface area contributed by atoms with Gasteiger partial charge in [0.05, 0.1) is 6.61 Å². The summed E-state index contributed by atoms with van der Waals surface area (Å²) in [6, 6.07) is 1.76.